The summed E-state index contributed by atoms with van der Waals surface area (Å²) in [6.45, 7) is 7.49. The molecule has 7 heteroatoms. The number of nitrogens with one attached hydrogen (secondary N) is 1. The average molecular weight is 385 g/mol. The number of aromatic amines is 1. The summed E-state index contributed by atoms with van der Waals surface area (Å²) < 4.78 is 16.9. The van der Waals surface area contributed by atoms with E-state index in [0.29, 0.717) is 6.61 Å². The summed E-state index contributed by atoms with van der Waals surface area (Å²) in [5.74, 6) is 3.39. The summed E-state index contributed by atoms with van der Waals surface area (Å²) in [6.07, 6.45) is 2.87. The third kappa shape index (κ3) is 3.99. The molecule has 1 N–H and O–H groups in total. The second-order valence-electron chi connectivity index (χ2n) is 7.30. The monoisotopic (exact) mass is 385 g/mol. The molecule has 4 rings (SSSR count). The largest absolute Gasteiger partial charge is 0.493 e. The van der Waals surface area contributed by atoms with Crippen molar-refractivity contribution < 1.29 is 14.2 Å². The van der Waals surface area contributed by atoms with Crippen LogP contribution in [0.5, 0.6) is 17.2 Å². The minimum atomic E-state index is -0.0617. The van der Waals surface area contributed by atoms with Crippen LogP contribution in [0.2, 0.25) is 0 Å². The molecule has 1 fully saturated rings. The molecular weight excluding hydrogens is 358 g/mol. The summed E-state index contributed by atoms with van der Waals surface area (Å²) in [4.78, 5) is 22.0. The number of likely N-dealkylation sites (tertiary alicyclic amines) is 1. The van der Waals surface area contributed by atoms with Crippen molar-refractivity contribution in [2.24, 2.45) is 0 Å². The van der Waals surface area contributed by atoms with Gasteiger partial charge in [0.15, 0.2) is 11.5 Å². The van der Waals surface area contributed by atoms with E-state index in [1.807, 2.05) is 26.0 Å². The molecule has 28 heavy (non-hydrogen) atoms. The van der Waals surface area contributed by atoms with Gasteiger partial charge in [0.1, 0.15) is 11.6 Å². The molecular formula is C21H27N3O4. The Hall–Kier alpha value is -2.54. The van der Waals surface area contributed by atoms with Crippen LogP contribution in [0.25, 0.3) is 0 Å². The maximum Gasteiger partial charge on any atom is 0.251 e. The Labute approximate surface area is 164 Å². The maximum atomic E-state index is 12.0. The second-order valence-corrected chi connectivity index (χ2v) is 7.30. The number of hydrogen-bond donors (Lipinski definition) is 1. The second kappa shape index (κ2) is 8.22. The normalized spacial score (nSPS) is 19.0. The minimum Gasteiger partial charge on any atom is -0.493 e. The molecule has 3 heterocycles. The highest BCUT2D eigenvalue weighted by Gasteiger charge is 2.25. The van der Waals surface area contributed by atoms with E-state index in [2.05, 4.69) is 14.9 Å². The predicted octanol–water partition coefficient (Wildman–Crippen LogP) is 2.84. The molecule has 0 bridgehead atoms. The Kier molecular flexibility index (Phi) is 5.52. The van der Waals surface area contributed by atoms with Gasteiger partial charge >= 0.3 is 0 Å². The van der Waals surface area contributed by atoms with Crippen LogP contribution in [-0.4, -0.2) is 41.4 Å². The van der Waals surface area contributed by atoms with Crippen LogP contribution < -0.4 is 19.8 Å². The van der Waals surface area contributed by atoms with Crippen LogP contribution in [0.1, 0.15) is 49.7 Å². The van der Waals surface area contributed by atoms with Gasteiger partial charge in [-0.05, 0) is 38.8 Å². The Morgan fingerprint density at radius 1 is 1.25 bits per heavy atom. The molecule has 1 atom stereocenters. The lowest BCUT2D eigenvalue weighted by molar-refractivity contribution is 0.173. The van der Waals surface area contributed by atoms with E-state index in [9.17, 15) is 4.79 Å². The number of ether oxygens (including phenoxy) is 3. The predicted molar refractivity (Wildman–Crippen MR) is 105 cm³/mol. The van der Waals surface area contributed by atoms with Gasteiger partial charge in [0.05, 0.1) is 6.61 Å². The first kappa shape index (κ1) is 18.8. The van der Waals surface area contributed by atoms with Crippen LogP contribution in [0, 0.1) is 0 Å². The maximum absolute atomic E-state index is 12.0. The minimum absolute atomic E-state index is 0.0617. The molecule has 0 saturated carbocycles. The van der Waals surface area contributed by atoms with E-state index >= 15 is 0 Å². The number of rotatable bonds is 6. The highest BCUT2D eigenvalue weighted by atomic mass is 16.7. The quantitative estimate of drug-likeness (QED) is 0.824. The first-order valence-corrected chi connectivity index (χ1v) is 10.0. The molecule has 1 aromatic carbocycles. The van der Waals surface area contributed by atoms with Gasteiger partial charge in [0.2, 0.25) is 6.79 Å². The van der Waals surface area contributed by atoms with Gasteiger partial charge in [0, 0.05) is 42.4 Å². The number of nitrogens with zero attached hydrogens (tertiary/aromatic N) is 2. The van der Waals surface area contributed by atoms with Gasteiger partial charge in [-0.3, -0.25) is 9.69 Å². The fourth-order valence-corrected chi connectivity index (χ4v) is 3.95. The van der Waals surface area contributed by atoms with Gasteiger partial charge in [-0.15, -0.1) is 0 Å². The highest BCUT2D eigenvalue weighted by molar-refractivity contribution is 5.51. The molecule has 1 unspecified atom stereocenters. The third-order valence-corrected chi connectivity index (χ3v) is 5.32. The first-order valence-electron chi connectivity index (χ1n) is 10.0. The van der Waals surface area contributed by atoms with E-state index in [1.165, 1.54) is 0 Å². The number of piperidine rings is 1. The van der Waals surface area contributed by atoms with Crippen LogP contribution >= 0.6 is 0 Å². The Balaban J connectivity index is 1.53. The van der Waals surface area contributed by atoms with E-state index in [4.69, 9.17) is 14.2 Å². The molecule has 7 nitrogen and oxygen atoms in total. The zero-order chi connectivity index (χ0) is 19.5. The lowest BCUT2D eigenvalue weighted by Crippen LogP contribution is -2.35. The molecule has 0 radical (unpaired) electrons. The van der Waals surface area contributed by atoms with Crippen molar-refractivity contribution in [3.8, 4) is 17.2 Å². The van der Waals surface area contributed by atoms with Crippen molar-refractivity contribution in [1.82, 2.24) is 14.9 Å². The van der Waals surface area contributed by atoms with E-state index < -0.39 is 0 Å². The molecule has 2 aliphatic heterocycles. The molecule has 0 spiro atoms. The summed E-state index contributed by atoms with van der Waals surface area (Å²) >= 11 is 0. The van der Waals surface area contributed by atoms with E-state index in [0.717, 1.165) is 73.2 Å². The van der Waals surface area contributed by atoms with Gasteiger partial charge in [-0.2, -0.15) is 0 Å². The molecule has 1 saturated heterocycles. The van der Waals surface area contributed by atoms with Gasteiger partial charge in [-0.25, -0.2) is 4.98 Å². The number of aryl methyl sites for hydroxylation is 1. The van der Waals surface area contributed by atoms with Gasteiger partial charge in [0.25, 0.3) is 5.56 Å². The number of aromatic nitrogens is 2. The van der Waals surface area contributed by atoms with E-state index in [1.54, 1.807) is 6.07 Å². The number of H-pyrrole nitrogens is 1. The molecule has 0 aliphatic carbocycles. The Morgan fingerprint density at radius 3 is 2.86 bits per heavy atom. The van der Waals surface area contributed by atoms with Crippen molar-refractivity contribution in [3.05, 3.63) is 45.6 Å². The molecule has 150 valence electrons. The summed E-state index contributed by atoms with van der Waals surface area (Å²) in [5.41, 5.74) is 1.88. The van der Waals surface area contributed by atoms with Gasteiger partial charge in [-0.1, -0.05) is 6.92 Å². The fraction of sp³-hybridized carbons (Fsp3) is 0.524. The van der Waals surface area contributed by atoms with Crippen LogP contribution in [0.3, 0.4) is 0 Å². The number of hydrogen-bond acceptors (Lipinski definition) is 6. The first-order chi connectivity index (χ1) is 13.7. The lowest BCUT2D eigenvalue weighted by Gasteiger charge is -2.32. The van der Waals surface area contributed by atoms with Crippen LogP contribution in [0.4, 0.5) is 0 Å². The lowest BCUT2D eigenvalue weighted by atomic mass is 9.96. The Bertz CT molecular complexity index is 896. The zero-order valence-electron chi connectivity index (χ0n) is 16.5. The molecule has 2 aromatic rings. The standard InChI is InChI=1S/C21H27N3O4/c1-3-16-9-20(25)23-21(22-16)14-6-5-7-24(11-14)12-15-8-18-19(28-13-27-18)10-17(15)26-4-2/h8-10,14H,3-7,11-13H2,1-2H3,(H,22,23,25). The van der Waals surface area contributed by atoms with Crippen molar-refractivity contribution in [2.45, 2.75) is 45.6 Å². The Morgan fingerprint density at radius 2 is 2.07 bits per heavy atom. The molecule has 2 aliphatic rings. The molecule has 0 amide bonds. The SMILES string of the molecule is CCOc1cc2c(cc1CN1CCCC(c3nc(CC)cc(=O)[nH]3)C1)OCO2. The zero-order valence-corrected chi connectivity index (χ0v) is 16.5. The third-order valence-electron chi connectivity index (χ3n) is 5.32. The van der Waals surface area contributed by atoms with E-state index in [-0.39, 0.29) is 18.3 Å². The van der Waals surface area contributed by atoms with Crippen molar-refractivity contribution in [3.63, 3.8) is 0 Å². The number of benzene rings is 1. The van der Waals surface area contributed by atoms with Crippen molar-refractivity contribution in [1.29, 1.82) is 0 Å². The summed E-state index contributed by atoms with van der Waals surface area (Å²) in [6, 6.07) is 5.53. The average Bonchev–Trinajstić information content (AvgIpc) is 3.15. The smallest absolute Gasteiger partial charge is 0.251 e. The highest BCUT2D eigenvalue weighted by Crippen LogP contribution is 2.39. The van der Waals surface area contributed by atoms with Crippen LogP contribution in [-0.2, 0) is 13.0 Å². The fourth-order valence-electron chi connectivity index (χ4n) is 3.95. The summed E-state index contributed by atoms with van der Waals surface area (Å²) in [5, 5.41) is 0. The number of fused-ring (bicyclic) bond motifs is 1. The topological polar surface area (TPSA) is 76.7 Å². The van der Waals surface area contributed by atoms with Crippen LogP contribution in [0.15, 0.2) is 23.0 Å². The van der Waals surface area contributed by atoms with Crippen molar-refractivity contribution in [2.75, 3.05) is 26.5 Å². The van der Waals surface area contributed by atoms with Gasteiger partial charge < -0.3 is 19.2 Å². The van der Waals surface area contributed by atoms with Crippen molar-refractivity contribution >= 4 is 0 Å². The summed E-state index contributed by atoms with van der Waals surface area (Å²) in [7, 11) is 0. The molecule has 1 aromatic heterocycles.